The van der Waals surface area contributed by atoms with E-state index in [1.807, 2.05) is 25.7 Å². The molecule has 2 aliphatic rings. The van der Waals surface area contributed by atoms with Crippen molar-refractivity contribution in [1.29, 1.82) is 0 Å². The number of nitrogens with zero attached hydrogens (tertiary/aromatic N) is 4. The van der Waals surface area contributed by atoms with Crippen LogP contribution in [0.5, 0.6) is 0 Å². The highest BCUT2D eigenvalue weighted by molar-refractivity contribution is 5.87. The SMILES string of the molecule is Cc1cn2cc(-c3cc(F)c4c(=O)n(C5CCN(C(=O)OC(C)(C)C)C6(CC6)C5)ccc4c3)cc(F)c2n1. The molecule has 1 spiro atoms. The molecule has 3 aromatic heterocycles. The Morgan fingerprint density at radius 2 is 1.84 bits per heavy atom. The van der Waals surface area contributed by atoms with Gasteiger partial charge in [0.25, 0.3) is 5.56 Å². The molecule has 0 radical (unpaired) electrons. The Morgan fingerprint density at radius 1 is 1.11 bits per heavy atom. The summed E-state index contributed by atoms with van der Waals surface area (Å²) in [7, 11) is 0. The number of carbonyl (C=O) groups excluding carboxylic acids is 1. The number of aromatic nitrogens is 3. The van der Waals surface area contributed by atoms with E-state index < -0.39 is 22.8 Å². The summed E-state index contributed by atoms with van der Waals surface area (Å²) in [6.45, 7) is 7.80. The number of aryl methyl sites for hydroxylation is 1. The Balaban J connectivity index is 1.32. The highest BCUT2D eigenvalue weighted by atomic mass is 19.1. The van der Waals surface area contributed by atoms with Crippen molar-refractivity contribution in [1.82, 2.24) is 18.9 Å². The Hall–Kier alpha value is -3.75. The number of hydrogen-bond donors (Lipinski definition) is 0. The van der Waals surface area contributed by atoms with Crippen LogP contribution in [0.25, 0.3) is 27.5 Å². The van der Waals surface area contributed by atoms with Gasteiger partial charge in [-0.05, 0) is 88.6 Å². The van der Waals surface area contributed by atoms with Crippen molar-refractivity contribution in [3.63, 3.8) is 0 Å². The fourth-order valence-electron chi connectivity index (χ4n) is 5.76. The molecule has 1 aliphatic carbocycles. The number of amides is 1. The van der Waals surface area contributed by atoms with Gasteiger partial charge in [0.05, 0.1) is 11.1 Å². The number of benzene rings is 1. The highest BCUT2D eigenvalue weighted by Gasteiger charge is 2.54. The molecular formula is C29H30F2N4O3. The van der Waals surface area contributed by atoms with E-state index >= 15 is 4.39 Å². The maximum Gasteiger partial charge on any atom is 0.410 e. The maximum atomic E-state index is 15.5. The van der Waals surface area contributed by atoms with Crippen LogP contribution >= 0.6 is 0 Å². The second-order valence-electron chi connectivity index (χ2n) is 11.6. The molecule has 1 aliphatic heterocycles. The van der Waals surface area contributed by atoms with Gasteiger partial charge in [-0.15, -0.1) is 0 Å². The van der Waals surface area contributed by atoms with Crippen LogP contribution < -0.4 is 5.56 Å². The Kier molecular flexibility index (Phi) is 5.42. The zero-order chi connectivity index (χ0) is 27.0. The molecule has 7 nitrogen and oxygen atoms in total. The van der Waals surface area contributed by atoms with E-state index in [1.54, 1.807) is 46.6 Å². The number of fused-ring (bicyclic) bond motifs is 2. The van der Waals surface area contributed by atoms with Gasteiger partial charge in [0.15, 0.2) is 11.5 Å². The second-order valence-corrected chi connectivity index (χ2v) is 11.6. The third-order valence-electron chi connectivity index (χ3n) is 7.65. The van der Waals surface area contributed by atoms with Crippen LogP contribution in [0.3, 0.4) is 0 Å². The minimum Gasteiger partial charge on any atom is -0.444 e. The first kappa shape index (κ1) is 24.6. The molecule has 1 saturated heterocycles. The van der Waals surface area contributed by atoms with Crippen LogP contribution in [0, 0.1) is 18.6 Å². The Bertz CT molecular complexity index is 1660. The van der Waals surface area contributed by atoms with Crippen molar-refractivity contribution >= 4 is 22.5 Å². The normalized spacial score (nSPS) is 18.9. The van der Waals surface area contributed by atoms with Gasteiger partial charge in [0.2, 0.25) is 0 Å². The second kappa shape index (κ2) is 8.38. The van der Waals surface area contributed by atoms with Crippen LogP contribution in [0.1, 0.15) is 58.2 Å². The van der Waals surface area contributed by atoms with Gasteiger partial charge in [0.1, 0.15) is 11.4 Å². The van der Waals surface area contributed by atoms with Gasteiger partial charge in [-0.3, -0.25) is 4.79 Å². The number of hydrogen-bond acceptors (Lipinski definition) is 4. The molecule has 1 amide bonds. The summed E-state index contributed by atoms with van der Waals surface area (Å²) in [6, 6.07) is 5.91. The van der Waals surface area contributed by atoms with Crippen LogP contribution in [0.15, 0.2) is 47.7 Å². The lowest BCUT2D eigenvalue weighted by molar-refractivity contribution is 0.000497. The monoisotopic (exact) mass is 520 g/mol. The van der Waals surface area contributed by atoms with Gasteiger partial charge in [-0.25, -0.2) is 18.6 Å². The van der Waals surface area contributed by atoms with E-state index in [0.717, 1.165) is 12.8 Å². The molecule has 6 rings (SSSR count). The molecule has 4 aromatic rings. The fourth-order valence-corrected chi connectivity index (χ4v) is 5.76. The molecule has 2 fully saturated rings. The number of carbonyl (C=O) groups is 1. The lowest BCUT2D eigenvalue weighted by Crippen LogP contribution is -2.50. The zero-order valence-electron chi connectivity index (χ0n) is 21.9. The van der Waals surface area contributed by atoms with E-state index in [-0.39, 0.29) is 28.7 Å². The highest BCUT2D eigenvalue weighted by Crippen LogP contribution is 2.51. The van der Waals surface area contributed by atoms with E-state index in [1.165, 1.54) is 12.1 Å². The predicted octanol–water partition coefficient (Wildman–Crippen LogP) is 6.01. The first-order chi connectivity index (χ1) is 17.9. The Labute approximate surface area is 218 Å². The van der Waals surface area contributed by atoms with Crippen molar-refractivity contribution in [2.24, 2.45) is 0 Å². The van der Waals surface area contributed by atoms with Gasteiger partial charge in [-0.1, -0.05) is 0 Å². The molecule has 198 valence electrons. The fraction of sp³-hybridized carbons (Fsp3) is 0.414. The van der Waals surface area contributed by atoms with Gasteiger partial charge >= 0.3 is 6.09 Å². The summed E-state index contributed by atoms with van der Waals surface area (Å²) in [5, 5.41) is 0.464. The average molecular weight is 521 g/mol. The number of ether oxygens (including phenoxy) is 1. The molecule has 9 heteroatoms. The first-order valence-electron chi connectivity index (χ1n) is 12.9. The van der Waals surface area contributed by atoms with Crippen LogP contribution in [0.2, 0.25) is 0 Å². The topological polar surface area (TPSA) is 68.8 Å². The summed E-state index contributed by atoms with van der Waals surface area (Å²) in [6.07, 6.45) is 7.72. The standard InChI is InChI=1S/C29H30F2N4O3/c1-17-15-33-16-20(13-23(31)25(33)32-17)19-11-18-5-9-34(26(36)24(18)22(30)12-19)21-6-10-35(29(14-21)7-8-29)27(37)38-28(2,3)4/h5,9,11-13,15-16,21H,6-8,10,14H2,1-4H3. The molecule has 0 bridgehead atoms. The number of imidazole rings is 1. The molecule has 1 saturated carbocycles. The van der Waals surface area contributed by atoms with Crippen molar-refractivity contribution in [2.45, 2.75) is 70.6 Å². The molecule has 1 aromatic carbocycles. The summed E-state index contributed by atoms with van der Waals surface area (Å²) in [5.74, 6) is -1.15. The Morgan fingerprint density at radius 3 is 2.55 bits per heavy atom. The molecule has 1 atom stereocenters. The number of likely N-dealkylation sites (tertiary alicyclic amines) is 1. The van der Waals surface area contributed by atoms with Crippen LogP contribution in [0.4, 0.5) is 13.6 Å². The zero-order valence-corrected chi connectivity index (χ0v) is 21.9. The van der Waals surface area contributed by atoms with Gasteiger partial charge in [-0.2, -0.15) is 0 Å². The predicted molar refractivity (Wildman–Crippen MR) is 140 cm³/mol. The van der Waals surface area contributed by atoms with Gasteiger partial charge in [0, 0.05) is 42.3 Å². The van der Waals surface area contributed by atoms with E-state index in [9.17, 15) is 14.0 Å². The molecule has 38 heavy (non-hydrogen) atoms. The lowest BCUT2D eigenvalue weighted by Gasteiger charge is -2.41. The first-order valence-corrected chi connectivity index (χ1v) is 12.9. The smallest absolute Gasteiger partial charge is 0.410 e. The molecule has 4 heterocycles. The van der Waals surface area contributed by atoms with Crippen molar-refractivity contribution < 1.29 is 18.3 Å². The average Bonchev–Trinajstić information content (AvgIpc) is 3.46. The number of pyridine rings is 2. The van der Waals surface area contributed by atoms with Crippen molar-refractivity contribution in [3.8, 4) is 11.1 Å². The molecular weight excluding hydrogens is 490 g/mol. The third kappa shape index (κ3) is 4.14. The van der Waals surface area contributed by atoms with Crippen LogP contribution in [-0.4, -0.2) is 42.6 Å². The number of piperidine rings is 1. The quantitative estimate of drug-likeness (QED) is 0.325. The summed E-state index contributed by atoms with van der Waals surface area (Å²) < 4.78 is 38.9. The minimum absolute atomic E-state index is 0.00990. The van der Waals surface area contributed by atoms with Crippen molar-refractivity contribution in [2.75, 3.05) is 6.54 Å². The third-order valence-corrected chi connectivity index (χ3v) is 7.65. The number of rotatable bonds is 2. The summed E-state index contributed by atoms with van der Waals surface area (Å²) in [5.41, 5.74) is 0.564. The van der Waals surface area contributed by atoms with Gasteiger partial charge < -0.3 is 18.6 Å². The molecule has 0 N–H and O–H groups in total. The summed E-state index contributed by atoms with van der Waals surface area (Å²) >= 11 is 0. The van der Waals surface area contributed by atoms with E-state index in [4.69, 9.17) is 4.74 Å². The van der Waals surface area contributed by atoms with E-state index in [0.29, 0.717) is 41.6 Å². The minimum atomic E-state index is -0.647. The van der Waals surface area contributed by atoms with Crippen molar-refractivity contribution in [3.05, 3.63) is 70.5 Å². The van der Waals surface area contributed by atoms with E-state index in [2.05, 4.69) is 4.98 Å². The maximum absolute atomic E-state index is 15.5. The lowest BCUT2D eigenvalue weighted by atomic mass is 9.94. The molecule has 1 unspecified atom stereocenters. The van der Waals surface area contributed by atoms with Crippen LogP contribution in [-0.2, 0) is 4.74 Å². The summed E-state index contributed by atoms with van der Waals surface area (Å²) in [4.78, 5) is 32.3. The largest absolute Gasteiger partial charge is 0.444 e. The number of halogens is 2.